The highest BCUT2D eigenvalue weighted by Crippen LogP contribution is 2.36. The van der Waals surface area contributed by atoms with Crippen molar-refractivity contribution in [1.82, 2.24) is 30.5 Å². The molecule has 8 heteroatoms. The molecule has 0 spiro atoms. The average Bonchev–Trinajstić information content (AvgIpc) is 3.26. The van der Waals surface area contributed by atoms with Crippen molar-refractivity contribution in [3.63, 3.8) is 0 Å². The van der Waals surface area contributed by atoms with Crippen molar-refractivity contribution in [2.24, 2.45) is 0 Å². The van der Waals surface area contributed by atoms with E-state index in [0.717, 1.165) is 23.4 Å². The fourth-order valence-electron chi connectivity index (χ4n) is 3.03. The van der Waals surface area contributed by atoms with Crippen LogP contribution in [0, 0.1) is 0 Å². The number of nitrogens with one attached hydrogen (secondary N) is 1. The van der Waals surface area contributed by atoms with Gasteiger partial charge in [0, 0.05) is 25.4 Å². The van der Waals surface area contributed by atoms with E-state index in [1.807, 2.05) is 14.0 Å². The van der Waals surface area contributed by atoms with E-state index in [2.05, 4.69) is 25.6 Å². The molecule has 1 fully saturated rings. The van der Waals surface area contributed by atoms with Crippen LogP contribution in [0.3, 0.4) is 0 Å². The van der Waals surface area contributed by atoms with Gasteiger partial charge in [0.25, 0.3) is 5.91 Å². The van der Waals surface area contributed by atoms with Crippen molar-refractivity contribution in [3.05, 3.63) is 21.9 Å². The zero-order valence-electron chi connectivity index (χ0n) is 12.8. The van der Waals surface area contributed by atoms with Crippen LogP contribution in [0.1, 0.15) is 65.6 Å². The predicted octanol–water partition coefficient (Wildman–Crippen LogP) is 2.19. The number of H-pyrrole nitrogens is 1. The number of likely N-dealkylation sites (N-methyl/N-ethyl adjacent to an activating group) is 1. The van der Waals surface area contributed by atoms with E-state index < -0.39 is 0 Å². The molecule has 3 rings (SSSR count). The van der Waals surface area contributed by atoms with Gasteiger partial charge in [0.05, 0.1) is 11.2 Å². The first-order valence-corrected chi connectivity index (χ1v) is 8.47. The normalized spacial score (nSPS) is 16.8. The summed E-state index contributed by atoms with van der Waals surface area (Å²) in [5, 5.41) is 14.0. The third-order valence-corrected chi connectivity index (χ3v) is 5.06. The lowest BCUT2D eigenvalue weighted by molar-refractivity contribution is 0.0790. The van der Waals surface area contributed by atoms with Crippen LogP contribution < -0.4 is 0 Å². The number of tetrazole rings is 1. The van der Waals surface area contributed by atoms with E-state index in [1.165, 1.54) is 24.2 Å². The molecule has 0 unspecified atom stereocenters. The molecule has 2 aromatic rings. The monoisotopic (exact) mass is 320 g/mol. The Morgan fingerprint density at radius 3 is 2.95 bits per heavy atom. The second-order valence-corrected chi connectivity index (χ2v) is 6.76. The molecular weight excluding hydrogens is 300 g/mol. The third kappa shape index (κ3) is 3.01. The molecule has 0 bridgehead atoms. The first-order valence-electron chi connectivity index (χ1n) is 7.59. The number of nitrogens with zero attached hydrogens (tertiary/aromatic N) is 5. The molecule has 2 aromatic heterocycles. The number of hydrogen-bond acceptors (Lipinski definition) is 6. The molecule has 1 aliphatic rings. The highest BCUT2D eigenvalue weighted by Gasteiger charge is 2.27. The van der Waals surface area contributed by atoms with Crippen LogP contribution in [-0.2, 0) is 0 Å². The van der Waals surface area contributed by atoms with Crippen molar-refractivity contribution in [2.75, 3.05) is 13.6 Å². The van der Waals surface area contributed by atoms with E-state index in [-0.39, 0.29) is 11.8 Å². The minimum absolute atomic E-state index is 0.0375. The molecule has 1 aliphatic carbocycles. The highest BCUT2D eigenvalue weighted by molar-refractivity contribution is 7.11. The van der Waals surface area contributed by atoms with Crippen molar-refractivity contribution in [2.45, 2.75) is 44.4 Å². The Labute approximate surface area is 133 Å². The van der Waals surface area contributed by atoms with Crippen LogP contribution in [0.25, 0.3) is 0 Å². The Balaban J connectivity index is 1.69. The molecule has 1 saturated carbocycles. The predicted molar refractivity (Wildman–Crippen MR) is 82.9 cm³/mol. The summed E-state index contributed by atoms with van der Waals surface area (Å²) in [5.74, 6) is 1.16. The van der Waals surface area contributed by atoms with Gasteiger partial charge in [-0.15, -0.1) is 21.5 Å². The van der Waals surface area contributed by atoms with Crippen LogP contribution >= 0.6 is 11.3 Å². The zero-order chi connectivity index (χ0) is 15.5. The van der Waals surface area contributed by atoms with Gasteiger partial charge in [0.2, 0.25) is 0 Å². The molecule has 7 nitrogen and oxygen atoms in total. The summed E-state index contributed by atoms with van der Waals surface area (Å²) in [6.07, 6.45) is 4.76. The van der Waals surface area contributed by atoms with Gasteiger partial charge in [-0.3, -0.25) is 4.79 Å². The molecule has 0 radical (unpaired) electrons. The summed E-state index contributed by atoms with van der Waals surface area (Å²) >= 11 is 1.45. The fraction of sp³-hybridized carbons (Fsp3) is 0.643. The van der Waals surface area contributed by atoms with Gasteiger partial charge in [0.1, 0.15) is 4.88 Å². The van der Waals surface area contributed by atoms with Crippen molar-refractivity contribution in [1.29, 1.82) is 0 Å². The van der Waals surface area contributed by atoms with Gasteiger partial charge in [0.15, 0.2) is 5.82 Å². The maximum Gasteiger partial charge on any atom is 0.265 e. The molecule has 0 aliphatic heterocycles. The van der Waals surface area contributed by atoms with Gasteiger partial charge in [-0.25, -0.2) is 4.98 Å². The maximum absolute atomic E-state index is 12.7. The Morgan fingerprint density at radius 1 is 1.50 bits per heavy atom. The second-order valence-electron chi connectivity index (χ2n) is 5.90. The first-order chi connectivity index (χ1) is 10.7. The standard InChI is InChI=1S/C14H20N6OS/c1-9(13-16-18-19-17-13)7-20(2)14(21)12-11(15-8-22-12)10-5-3-4-6-10/h8-10H,3-7H2,1-2H3,(H,16,17,18,19)/t9-/m0/s1. The lowest BCUT2D eigenvalue weighted by atomic mass is 10.0. The molecule has 22 heavy (non-hydrogen) atoms. The maximum atomic E-state index is 12.7. The van der Waals surface area contributed by atoms with E-state index in [0.29, 0.717) is 18.3 Å². The van der Waals surface area contributed by atoms with Crippen molar-refractivity contribution >= 4 is 17.2 Å². The SMILES string of the molecule is C[C@@H](CN(C)C(=O)c1scnc1C1CCCC1)c1nn[nH]n1. The Bertz CT molecular complexity index is 619. The number of hydrogen-bond donors (Lipinski definition) is 1. The molecule has 118 valence electrons. The highest BCUT2D eigenvalue weighted by atomic mass is 32.1. The number of carbonyl (C=O) groups is 1. The number of aromatic nitrogens is 5. The van der Waals surface area contributed by atoms with Gasteiger partial charge < -0.3 is 4.90 Å². The van der Waals surface area contributed by atoms with Crippen LogP contribution in [0.2, 0.25) is 0 Å². The molecular formula is C14H20N6OS. The van der Waals surface area contributed by atoms with Crippen LogP contribution in [0.15, 0.2) is 5.51 Å². The molecule has 1 amide bonds. The summed E-state index contributed by atoms with van der Waals surface area (Å²) < 4.78 is 0. The molecule has 2 heterocycles. The average molecular weight is 320 g/mol. The van der Waals surface area contributed by atoms with Crippen molar-refractivity contribution < 1.29 is 4.79 Å². The number of aromatic amines is 1. The number of amides is 1. The summed E-state index contributed by atoms with van der Waals surface area (Å²) in [5.41, 5.74) is 2.78. The van der Waals surface area contributed by atoms with Gasteiger partial charge in [-0.2, -0.15) is 5.21 Å². The Morgan fingerprint density at radius 2 is 2.27 bits per heavy atom. The Kier molecular flexibility index (Phi) is 4.47. The lowest BCUT2D eigenvalue weighted by Gasteiger charge is -2.20. The summed E-state index contributed by atoms with van der Waals surface area (Å²) in [4.78, 5) is 19.7. The van der Waals surface area contributed by atoms with Crippen LogP contribution in [0.4, 0.5) is 0 Å². The number of carbonyl (C=O) groups excluding carboxylic acids is 1. The molecule has 0 saturated heterocycles. The molecule has 1 N–H and O–H groups in total. The quantitative estimate of drug-likeness (QED) is 0.912. The largest absolute Gasteiger partial charge is 0.340 e. The Hall–Kier alpha value is -1.83. The lowest BCUT2D eigenvalue weighted by Crippen LogP contribution is -2.31. The topological polar surface area (TPSA) is 87.7 Å². The van der Waals surface area contributed by atoms with E-state index >= 15 is 0 Å². The van der Waals surface area contributed by atoms with E-state index in [1.54, 1.807) is 10.4 Å². The second kappa shape index (κ2) is 6.51. The summed E-state index contributed by atoms with van der Waals surface area (Å²) in [7, 11) is 1.82. The first kappa shape index (κ1) is 15.1. The molecule has 1 atom stereocenters. The van der Waals surface area contributed by atoms with Crippen LogP contribution in [0.5, 0.6) is 0 Å². The summed E-state index contributed by atoms with van der Waals surface area (Å²) in [6, 6.07) is 0. The molecule has 0 aromatic carbocycles. The third-order valence-electron chi connectivity index (χ3n) is 4.23. The van der Waals surface area contributed by atoms with Crippen LogP contribution in [-0.4, -0.2) is 50.0 Å². The van der Waals surface area contributed by atoms with Gasteiger partial charge in [-0.05, 0) is 12.8 Å². The number of rotatable bonds is 5. The fourth-order valence-corrected chi connectivity index (χ4v) is 3.90. The minimum Gasteiger partial charge on any atom is -0.340 e. The van der Waals surface area contributed by atoms with Crippen molar-refractivity contribution in [3.8, 4) is 0 Å². The van der Waals surface area contributed by atoms with E-state index in [4.69, 9.17) is 0 Å². The minimum atomic E-state index is 0.0375. The summed E-state index contributed by atoms with van der Waals surface area (Å²) in [6.45, 7) is 2.54. The smallest absolute Gasteiger partial charge is 0.265 e. The zero-order valence-corrected chi connectivity index (χ0v) is 13.6. The van der Waals surface area contributed by atoms with Gasteiger partial charge >= 0.3 is 0 Å². The van der Waals surface area contributed by atoms with Gasteiger partial charge in [-0.1, -0.05) is 25.0 Å². The number of thiazole rings is 1. The van der Waals surface area contributed by atoms with E-state index in [9.17, 15) is 4.79 Å².